The third kappa shape index (κ3) is 2.25. The molecule has 0 amide bonds. The normalized spacial score (nSPS) is 19.6. The molecule has 1 aromatic carbocycles. The molecule has 1 aliphatic heterocycles. The van der Waals surface area contributed by atoms with Gasteiger partial charge in [0, 0.05) is 13.1 Å². The molecule has 0 saturated carbocycles. The molecule has 18 heavy (non-hydrogen) atoms. The van der Waals surface area contributed by atoms with Crippen LogP contribution in [0.3, 0.4) is 0 Å². The predicted octanol–water partition coefficient (Wildman–Crippen LogP) is 1.62. The molecule has 4 nitrogen and oxygen atoms in total. The summed E-state index contributed by atoms with van der Waals surface area (Å²) in [6, 6.07) is 3.19. The summed E-state index contributed by atoms with van der Waals surface area (Å²) in [6.07, 6.45) is 0.468. The van der Waals surface area contributed by atoms with Crippen LogP contribution in [0.4, 0.5) is 4.39 Å². The lowest BCUT2D eigenvalue weighted by atomic mass is 9.94. The lowest BCUT2D eigenvalue weighted by Crippen LogP contribution is -2.62. The highest BCUT2D eigenvalue weighted by Gasteiger charge is 2.46. The van der Waals surface area contributed by atoms with Crippen molar-refractivity contribution in [3.63, 3.8) is 0 Å². The molecule has 1 N–H and O–H groups in total. The molecule has 1 aliphatic rings. The van der Waals surface area contributed by atoms with E-state index >= 15 is 0 Å². The number of halogens is 2. The second-order valence-electron chi connectivity index (χ2n) is 4.43. The van der Waals surface area contributed by atoms with Crippen LogP contribution in [0.15, 0.2) is 23.1 Å². The van der Waals surface area contributed by atoms with Gasteiger partial charge in [0.25, 0.3) is 0 Å². The van der Waals surface area contributed by atoms with Crippen LogP contribution in [-0.2, 0) is 10.0 Å². The molecule has 1 aromatic rings. The first-order valence-corrected chi connectivity index (χ1v) is 7.28. The minimum absolute atomic E-state index is 0.0126. The number of hydrogen-bond acceptors (Lipinski definition) is 3. The lowest BCUT2D eigenvalue weighted by molar-refractivity contribution is -0.0613. The maximum absolute atomic E-state index is 13.1. The highest BCUT2D eigenvalue weighted by atomic mass is 35.5. The largest absolute Gasteiger partial charge is 0.387 e. The average molecular weight is 294 g/mol. The van der Waals surface area contributed by atoms with Gasteiger partial charge in [-0.05, 0) is 24.6 Å². The molecule has 0 radical (unpaired) electrons. The smallest absolute Gasteiger partial charge is 0.244 e. The summed E-state index contributed by atoms with van der Waals surface area (Å²) in [4.78, 5) is -0.262. The van der Waals surface area contributed by atoms with Crippen LogP contribution in [0, 0.1) is 5.82 Å². The van der Waals surface area contributed by atoms with Crippen LogP contribution in [0.5, 0.6) is 0 Å². The summed E-state index contributed by atoms with van der Waals surface area (Å²) in [5, 5.41) is 9.79. The van der Waals surface area contributed by atoms with Crippen LogP contribution in [0.2, 0.25) is 5.02 Å². The molecule has 1 fully saturated rings. The fraction of sp³-hybridized carbons (Fsp3) is 0.455. The molecule has 0 bridgehead atoms. The third-order valence-electron chi connectivity index (χ3n) is 3.11. The number of sulfonamides is 1. The first kappa shape index (κ1) is 13.7. The highest BCUT2D eigenvalue weighted by molar-refractivity contribution is 7.89. The Morgan fingerprint density at radius 2 is 2.11 bits per heavy atom. The number of rotatable bonds is 3. The van der Waals surface area contributed by atoms with Gasteiger partial charge >= 0.3 is 0 Å². The van der Waals surface area contributed by atoms with E-state index in [1.807, 2.05) is 0 Å². The highest BCUT2D eigenvalue weighted by Crippen LogP contribution is 2.33. The Morgan fingerprint density at radius 3 is 2.67 bits per heavy atom. The Labute approximate surface area is 110 Å². The molecule has 0 spiro atoms. The quantitative estimate of drug-likeness (QED) is 0.921. The van der Waals surface area contributed by atoms with Crippen LogP contribution < -0.4 is 0 Å². The van der Waals surface area contributed by atoms with Crippen molar-refractivity contribution in [2.45, 2.75) is 23.8 Å². The zero-order chi connectivity index (χ0) is 13.6. The van der Waals surface area contributed by atoms with E-state index in [4.69, 9.17) is 11.6 Å². The van der Waals surface area contributed by atoms with Crippen LogP contribution in [0.25, 0.3) is 0 Å². The van der Waals surface area contributed by atoms with Gasteiger partial charge in [0.15, 0.2) is 0 Å². The first-order chi connectivity index (χ1) is 8.28. The number of aliphatic hydroxyl groups is 1. The SMILES string of the molecule is CCC1(O)CN(S(=O)(=O)c2cc(F)ccc2Cl)C1. The maximum Gasteiger partial charge on any atom is 0.244 e. The molecule has 100 valence electrons. The Hall–Kier alpha value is -0.690. The van der Waals surface area contributed by atoms with Gasteiger partial charge in [-0.1, -0.05) is 18.5 Å². The molecular weight excluding hydrogens is 281 g/mol. The van der Waals surface area contributed by atoms with Crippen molar-refractivity contribution in [1.82, 2.24) is 4.31 Å². The van der Waals surface area contributed by atoms with Gasteiger partial charge in [0.05, 0.1) is 10.6 Å². The number of nitrogens with zero attached hydrogens (tertiary/aromatic N) is 1. The molecule has 1 saturated heterocycles. The Balaban J connectivity index is 2.31. The van der Waals surface area contributed by atoms with Crippen molar-refractivity contribution in [3.05, 3.63) is 29.0 Å². The number of benzene rings is 1. The summed E-state index contributed by atoms with van der Waals surface area (Å²) in [6.45, 7) is 1.80. The maximum atomic E-state index is 13.1. The standard InChI is InChI=1S/C11H13ClFNO3S/c1-2-11(15)6-14(7-11)18(16,17)10-5-8(13)3-4-9(10)12/h3-5,15H,2,6-7H2,1H3. The van der Waals surface area contributed by atoms with E-state index in [2.05, 4.69) is 0 Å². The molecule has 0 aromatic heterocycles. The summed E-state index contributed by atoms with van der Waals surface area (Å²) in [5.41, 5.74) is -0.979. The van der Waals surface area contributed by atoms with Gasteiger partial charge in [-0.3, -0.25) is 0 Å². The van der Waals surface area contributed by atoms with Crippen LogP contribution in [-0.4, -0.2) is 36.5 Å². The number of hydrogen-bond donors (Lipinski definition) is 1. The predicted molar refractivity (Wildman–Crippen MR) is 65.4 cm³/mol. The van der Waals surface area contributed by atoms with Crippen molar-refractivity contribution in [1.29, 1.82) is 0 Å². The second kappa shape index (κ2) is 4.45. The van der Waals surface area contributed by atoms with Crippen molar-refractivity contribution in [3.8, 4) is 0 Å². The summed E-state index contributed by atoms with van der Waals surface area (Å²) >= 11 is 5.78. The van der Waals surface area contributed by atoms with E-state index in [-0.39, 0.29) is 23.0 Å². The van der Waals surface area contributed by atoms with Gasteiger partial charge in [0.1, 0.15) is 10.7 Å². The fourth-order valence-electron chi connectivity index (χ4n) is 1.82. The average Bonchev–Trinajstić information content (AvgIpc) is 2.28. The monoisotopic (exact) mass is 293 g/mol. The van der Waals surface area contributed by atoms with Gasteiger partial charge in [-0.25, -0.2) is 12.8 Å². The van der Waals surface area contributed by atoms with Crippen molar-refractivity contribution >= 4 is 21.6 Å². The van der Waals surface area contributed by atoms with Gasteiger partial charge in [0.2, 0.25) is 10.0 Å². The minimum atomic E-state index is -3.84. The van der Waals surface area contributed by atoms with E-state index in [0.29, 0.717) is 6.42 Å². The van der Waals surface area contributed by atoms with Gasteiger partial charge < -0.3 is 5.11 Å². The Kier molecular flexibility index (Phi) is 3.40. The van der Waals surface area contributed by atoms with Crippen molar-refractivity contribution in [2.75, 3.05) is 13.1 Å². The van der Waals surface area contributed by atoms with Crippen LogP contribution >= 0.6 is 11.6 Å². The van der Waals surface area contributed by atoms with Gasteiger partial charge in [-0.15, -0.1) is 0 Å². The number of β-amino-alcohol motifs (C(OH)–C–C–N with tert-alkyl or cyclic N) is 1. The zero-order valence-electron chi connectivity index (χ0n) is 9.73. The minimum Gasteiger partial charge on any atom is -0.387 e. The fourth-order valence-corrected chi connectivity index (χ4v) is 3.90. The topological polar surface area (TPSA) is 57.6 Å². The van der Waals surface area contributed by atoms with Crippen LogP contribution in [0.1, 0.15) is 13.3 Å². The second-order valence-corrected chi connectivity index (χ2v) is 6.74. The summed E-state index contributed by atoms with van der Waals surface area (Å²) < 4.78 is 38.5. The Morgan fingerprint density at radius 1 is 1.50 bits per heavy atom. The first-order valence-electron chi connectivity index (χ1n) is 5.46. The molecule has 0 unspecified atom stereocenters. The van der Waals surface area contributed by atoms with E-state index in [1.165, 1.54) is 6.07 Å². The zero-order valence-corrected chi connectivity index (χ0v) is 11.3. The molecular formula is C11H13ClFNO3S. The summed E-state index contributed by atoms with van der Waals surface area (Å²) in [7, 11) is -3.84. The molecule has 0 aliphatic carbocycles. The lowest BCUT2D eigenvalue weighted by Gasteiger charge is -2.44. The molecule has 1 heterocycles. The van der Waals surface area contributed by atoms with E-state index in [9.17, 15) is 17.9 Å². The summed E-state index contributed by atoms with van der Waals surface area (Å²) in [5.74, 6) is -0.663. The van der Waals surface area contributed by atoms with Crippen molar-refractivity contribution in [2.24, 2.45) is 0 Å². The van der Waals surface area contributed by atoms with E-state index in [1.54, 1.807) is 6.92 Å². The van der Waals surface area contributed by atoms with Gasteiger partial charge in [-0.2, -0.15) is 4.31 Å². The molecule has 0 atom stereocenters. The molecule has 2 rings (SSSR count). The van der Waals surface area contributed by atoms with E-state index in [0.717, 1.165) is 16.4 Å². The van der Waals surface area contributed by atoms with E-state index < -0.39 is 21.4 Å². The molecule has 7 heteroatoms. The van der Waals surface area contributed by atoms with Crippen molar-refractivity contribution < 1.29 is 17.9 Å². The Bertz CT molecular complexity index is 570. The third-order valence-corrected chi connectivity index (χ3v) is 5.38.